The third-order valence-electron chi connectivity index (χ3n) is 5.57. The minimum Gasteiger partial charge on any atom is -0.377 e. The molecule has 0 atom stereocenters. The van der Waals surface area contributed by atoms with Crippen LogP contribution in [-0.4, -0.2) is 58.4 Å². The molecule has 0 aromatic heterocycles. The summed E-state index contributed by atoms with van der Waals surface area (Å²) >= 11 is 0. The second-order valence-electron chi connectivity index (χ2n) is 8.38. The van der Waals surface area contributed by atoms with Gasteiger partial charge in [-0.1, -0.05) is 96.0 Å². The van der Waals surface area contributed by atoms with Gasteiger partial charge in [-0.25, -0.2) is 0 Å². The van der Waals surface area contributed by atoms with Gasteiger partial charge in [-0.15, -0.1) is 6.58 Å². The molecule has 0 radical (unpaired) electrons. The summed E-state index contributed by atoms with van der Waals surface area (Å²) in [5.41, 5.74) is 0. The van der Waals surface area contributed by atoms with E-state index in [9.17, 15) is 0 Å². The van der Waals surface area contributed by atoms with Crippen LogP contribution in [0.25, 0.3) is 0 Å². The molecule has 0 spiro atoms. The van der Waals surface area contributed by atoms with Gasteiger partial charge in [-0.3, -0.25) is 0 Å². The molecular formula is C23H52O7Si2. The smallest absolute Gasteiger partial charge is 0.377 e. The molecule has 194 valence electrons. The summed E-state index contributed by atoms with van der Waals surface area (Å²) in [7, 11) is -1.84. The number of hydrogen-bond acceptors (Lipinski definition) is 7. The molecule has 0 aromatic rings. The van der Waals surface area contributed by atoms with Crippen molar-refractivity contribution in [3.63, 3.8) is 0 Å². The van der Waals surface area contributed by atoms with Crippen molar-refractivity contribution in [3.8, 4) is 0 Å². The maximum absolute atomic E-state index is 7.33. The van der Waals surface area contributed by atoms with E-state index in [4.69, 9.17) is 32.5 Å². The van der Waals surface area contributed by atoms with E-state index in [1.165, 1.54) is 103 Å². The molecule has 0 aromatic carbocycles. The normalized spacial score (nSPS) is 11.8. The molecule has 0 aliphatic heterocycles. The van der Waals surface area contributed by atoms with Crippen molar-refractivity contribution in [2.24, 2.45) is 0 Å². The topological polar surface area (TPSA) is 109 Å². The lowest BCUT2D eigenvalue weighted by molar-refractivity contribution is 0.117. The van der Waals surface area contributed by atoms with E-state index in [-0.39, 0.29) is 0 Å². The molecule has 7 nitrogen and oxygen atoms in total. The highest BCUT2D eigenvalue weighted by Gasteiger charge is 2.36. The molecule has 0 aliphatic rings. The number of allylic oxidation sites excluding steroid dienone is 1. The third kappa shape index (κ3) is 27.9. The zero-order valence-corrected chi connectivity index (χ0v) is 23.0. The standard InChI is InChI=1S/C23H48O3Si.H4O4Si/c1-5-6-7-8-9-10-11-12-13-14-15-16-17-18-19-20-21-22-23-27(24-2,25-3)26-4;1-5(2,3)4/h5H,1,6-23H2,2-4H3;1-4H. The Bertz CT molecular complexity index is 375. The fourth-order valence-corrected chi connectivity index (χ4v) is 5.46. The van der Waals surface area contributed by atoms with Gasteiger partial charge in [0.25, 0.3) is 0 Å². The Morgan fingerprint density at radius 3 is 1.03 bits per heavy atom. The van der Waals surface area contributed by atoms with E-state index in [2.05, 4.69) is 6.58 Å². The Hall–Kier alpha value is -0.106. The molecule has 0 rings (SSSR count). The van der Waals surface area contributed by atoms with E-state index in [0.717, 1.165) is 12.5 Å². The molecule has 4 N–H and O–H groups in total. The predicted octanol–water partition coefficient (Wildman–Crippen LogP) is 5.07. The molecule has 0 amide bonds. The first-order valence-electron chi connectivity index (χ1n) is 12.4. The maximum Gasteiger partial charge on any atom is 0.668 e. The minimum atomic E-state index is -4.61. The fraction of sp³-hybridized carbons (Fsp3) is 0.913. The molecule has 0 heterocycles. The van der Waals surface area contributed by atoms with Gasteiger partial charge in [0.05, 0.1) is 0 Å². The number of hydrogen-bond donors (Lipinski definition) is 4. The van der Waals surface area contributed by atoms with Crippen LogP contribution in [-0.2, 0) is 13.3 Å². The van der Waals surface area contributed by atoms with Crippen LogP contribution in [0.4, 0.5) is 0 Å². The molecule has 9 heteroatoms. The van der Waals surface area contributed by atoms with Crippen LogP contribution < -0.4 is 0 Å². The second-order valence-corrected chi connectivity index (χ2v) is 12.7. The van der Waals surface area contributed by atoms with Gasteiger partial charge < -0.3 is 32.5 Å². The van der Waals surface area contributed by atoms with Crippen LogP contribution in [0.2, 0.25) is 6.04 Å². The highest BCUT2D eigenvalue weighted by Crippen LogP contribution is 2.19. The zero-order chi connectivity index (χ0) is 24.6. The molecule has 32 heavy (non-hydrogen) atoms. The first-order valence-corrected chi connectivity index (χ1v) is 16.1. The van der Waals surface area contributed by atoms with Gasteiger partial charge in [0.15, 0.2) is 0 Å². The van der Waals surface area contributed by atoms with Crippen molar-refractivity contribution in [2.75, 3.05) is 21.3 Å². The van der Waals surface area contributed by atoms with E-state index >= 15 is 0 Å². The number of rotatable bonds is 22. The average Bonchev–Trinajstić information content (AvgIpc) is 2.75. The fourth-order valence-electron chi connectivity index (χ4n) is 3.66. The van der Waals surface area contributed by atoms with Gasteiger partial charge in [0.2, 0.25) is 0 Å². The monoisotopic (exact) mass is 496 g/mol. The van der Waals surface area contributed by atoms with Gasteiger partial charge in [-0.2, -0.15) is 0 Å². The lowest BCUT2D eigenvalue weighted by Gasteiger charge is -2.24. The quantitative estimate of drug-likeness (QED) is 0.0940. The Morgan fingerprint density at radius 2 is 0.781 bits per heavy atom. The molecular weight excluding hydrogens is 444 g/mol. The van der Waals surface area contributed by atoms with Crippen molar-refractivity contribution < 1.29 is 32.5 Å². The van der Waals surface area contributed by atoms with Crippen molar-refractivity contribution >= 4 is 17.9 Å². The third-order valence-corrected chi connectivity index (χ3v) is 8.41. The summed E-state index contributed by atoms with van der Waals surface area (Å²) < 4.78 is 16.4. The SMILES string of the molecule is C=CCCCCCCCCCCCCCCCCCC[Si](OC)(OC)OC.O[Si](O)(O)O. The van der Waals surface area contributed by atoms with E-state index in [1.807, 2.05) is 6.08 Å². The number of unbranched alkanes of at least 4 members (excludes halogenated alkanes) is 16. The maximum atomic E-state index is 7.33. The summed E-state index contributed by atoms with van der Waals surface area (Å²) in [5.74, 6) is 0. The molecule has 0 saturated heterocycles. The summed E-state index contributed by atoms with van der Waals surface area (Å²) in [6.45, 7) is 3.78. The highest BCUT2D eigenvalue weighted by molar-refractivity contribution is 6.60. The van der Waals surface area contributed by atoms with Crippen molar-refractivity contribution in [1.29, 1.82) is 0 Å². The van der Waals surface area contributed by atoms with Gasteiger partial charge in [0, 0.05) is 27.4 Å². The largest absolute Gasteiger partial charge is 0.668 e. The Labute approximate surface area is 199 Å². The summed E-state index contributed by atoms with van der Waals surface area (Å²) in [5, 5.41) is 0. The van der Waals surface area contributed by atoms with Gasteiger partial charge in [-0.05, 0) is 19.3 Å². The first-order chi connectivity index (χ1) is 15.2. The van der Waals surface area contributed by atoms with Crippen molar-refractivity contribution in [3.05, 3.63) is 12.7 Å². The lowest BCUT2D eigenvalue weighted by Crippen LogP contribution is -2.42. The molecule has 0 saturated carbocycles. The van der Waals surface area contributed by atoms with Crippen molar-refractivity contribution in [2.45, 2.75) is 115 Å². The first kappa shape index (κ1) is 34.1. The Morgan fingerprint density at radius 1 is 0.531 bits per heavy atom. The van der Waals surface area contributed by atoms with Crippen LogP contribution in [0.1, 0.15) is 109 Å². The zero-order valence-electron chi connectivity index (χ0n) is 21.0. The summed E-state index contributed by atoms with van der Waals surface area (Å²) in [6.07, 6.45) is 25.3. The Kier molecular flexibility index (Phi) is 25.6. The van der Waals surface area contributed by atoms with Crippen LogP contribution in [0.15, 0.2) is 12.7 Å². The van der Waals surface area contributed by atoms with Crippen LogP contribution in [0.5, 0.6) is 0 Å². The Balaban J connectivity index is 0. The molecule has 0 bridgehead atoms. The van der Waals surface area contributed by atoms with Gasteiger partial charge in [0.1, 0.15) is 0 Å². The lowest BCUT2D eigenvalue weighted by atomic mass is 10.0. The minimum absolute atomic E-state index is 0.936. The van der Waals surface area contributed by atoms with E-state index in [1.54, 1.807) is 21.3 Å². The summed E-state index contributed by atoms with van der Waals surface area (Å²) in [4.78, 5) is 29.3. The second kappa shape index (κ2) is 24.0. The summed E-state index contributed by atoms with van der Waals surface area (Å²) in [6, 6.07) is 0.936. The highest BCUT2D eigenvalue weighted by atomic mass is 28.4. The van der Waals surface area contributed by atoms with Crippen LogP contribution in [0.3, 0.4) is 0 Å². The molecule has 0 fully saturated rings. The predicted molar refractivity (Wildman–Crippen MR) is 135 cm³/mol. The van der Waals surface area contributed by atoms with Gasteiger partial charge >= 0.3 is 17.9 Å². The van der Waals surface area contributed by atoms with Crippen LogP contribution >= 0.6 is 0 Å². The van der Waals surface area contributed by atoms with Crippen LogP contribution in [0, 0.1) is 0 Å². The average molecular weight is 497 g/mol. The molecule has 0 unspecified atom stereocenters. The van der Waals surface area contributed by atoms with E-state index in [0.29, 0.717) is 0 Å². The van der Waals surface area contributed by atoms with Crippen molar-refractivity contribution in [1.82, 2.24) is 0 Å². The molecule has 0 aliphatic carbocycles. The van der Waals surface area contributed by atoms with E-state index < -0.39 is 17.9 Å².